The number of likely N-dealkylation sites (tertiary alicyclic amines) is 1. The summed E-state index contributed by atoms with van der Waals surface area (Å²) in [4.78, 5) is 39.4. The Hall–Kier alpha value is -2.05. The van der Waals surface area contributed by atoms with Crippen LogP contribution in [-0.2, 0) is 23.9 Å². The smallest absolute Gasteiger partial charge is 0.441 e. The van der Waals surface area contributed by atoms with Crippen molar-refractivity contribution in [1.29, 1.82) is 0 Å². The molecule has 1 aliphatic heterocycles. The van der Waals surface area contributed by atoms with Crippen LogP contribution < -0.4 is 0 Å². The first-order valence-corrected chi connectivity index (χ1v) is 6.79. The molecule has 0 aliphatic carbocycles. The maximum atomic E-state index is 11.9. The van der Waals surface area contributed by atoms with Gasteiger partial charge in [0.2, 0.25) is 0 Å². The highest BCUT2D eigenvalue weighted by molar-refractivity contribution is 6.62. The molecule has 0 spiro atoms. The van der Waals surface area contributed by atoms with E-state index in [2.05, 4.69) is 9.53 Å². The Kier molecular flexibility index (Phi) is 6.71. The van der Waals surface area contributed by atoms with E-state index in [4.69, 9.17) is 10.3 Å². The van der Waals surface area contributed by atoms with Crippen molar-refractivity contribution in [1.82, 2.24) is 4.90 Å². The summed E-state index contributed by atoms with van der Waals surface area (Å²) in [5.74, 6) is -1.90. The highest BCUT2D eigenvalue weighted by atomic mass is 16.5. The lowest BCUT2D eigenvalue weighted by atomic mass is 10.1. The largest absolute Gasteiger partial charge is 0.468 e. The Morgan fingerprint density at radius 3 is 2.67 bits per heavy atom. The maximum absolute atomic E-state index is 11.9. The van der Waals surface area contributed by atoms with Crippen molar-refractivity contribution >= 4 is 23.4 Å². The van der Waals surface area contributed by atoms with Crippen molar-refractivity contribution < 1.29 is 28.6 Å². The Labute approximate surface area is 122 Å². The zero-order valence-corrected chi connectivity index (χ0v) is 12.2. The minimum atomic E-state index is -0.948. The van der Waals surface area contributed by atoms with E-state index >= 15 is 0 Å². The lowest BCUT2D eigenvalue weighted by molar-refractivity contribution is -0.146. The Morgan fingerprint density at radius 1 is 1.38 bits per heavy atom. The van der Waals surface area contributed by atoms with Gasteiger partial charge in [-0.2, -0.15) is 4.79 Å². The van der Waals surface area contributed by atoms with Crippen LogP contribution in [0.5, 0.6) is 0 Å². The molecule has 0 amide bonds. The number of ketones is 1. The topological polar surface area (TPSA) is 109 Å². The number of esters is 2. The Morgan fingerprint density at radius 2 is 2.10 bits per heavy atom. The van der Waals surface area contributed by atoms with Gasteiger partial charge in [0.25, 0.3) is 5.78 Å². The highest BCUT2D eigenvalue weighted by Crippen LogP contribution is 2.18. The van der Waals surface area contributed by atoms with Gasteiger partial charge in [0.15, 0.2) is 0 Å². The van der Waals surface area contributed by atoms with Gasteiger partial charge < -0.3 is 15.0 Å². The van der Waals surface area contributed by atoms with Gasteiger partial charge in [-0.3, -0.25) is 14.5 Å². The summed E-state index contributed by atoms with van der Waals surface area (Å²) in [6, 6.07) is -0.361. The second-order valence-electron chi connectivity index (χ2n) is 4.56. The molecule has 1 heterocycles. The van der Waals surface area contributed by atoms with Gasteiger partial charge >= 0.3 is 17.7 Å². The predicted molar refractivity (Wildman–Crippen MR) is 71.5 cm³/mol. The zero-order valence-electron chi connectivity index (χ0n) is 12.2. The van der Waals surface area contributed by atoms with Crippen LogP contribution in [0, 0.1) is 0 Å². The van der Waals surface area contributed by atoms with E-state index in [-0.39, 0.29) is 31.6 Å². The zero-order chi connectivity index (χ0) is 15.8. The van der Waals surface area contributed by atoms with Gasteiger partial charge in [-0.05, 0) is 26.3 Å². The number of carbonyl (C=O) groups excluding carboxylic acids is 3. The lowest BCUT2D eigenvalue weighted by Gasteiger charge is -2.21. The third-order valence-electron chi connectivity index (χ3n) is 3.30. The second kappa shape index (κ2) is 8.28. The van der Waals surface area contributed by atoms with Crippen LogP contribution in [0.15, 0.2) is 0 Å². The summed E-state index contributed by atoms with van der Waals surface area (Å²) in [5.41, 5.74) is 8.12. The van der Waals surface area contributed by atoms with Crippen molar-refractivity contribution in [3.63, 3.8) is 0 Å². The normalized spacial score (nSPS) is 17.9. The molecule has 1 aliphatic rings. The average Bonchev–Trinajstić information content (AvgIpc) is 2.93. The minimum Gasteiger partial charge on any atom is -0.468 e. The fourth-order valence-electron chi connectivity index (χ4n) is 2.27. The monoisotopic (exact) mass is 297 g/mol. The number of hydrogen-bond donors (Lipinski definition) is 0. The summed E-state index contributed by atoms with van der Waals surface area (Å²) in [6.07, 6.45) is 1.48. The van der Waals surface area contributed by atoms with Crippen molar-refractivity contribution in [3.05, 3.63) is 5.53 Å². The molecule has 0 unspecified atom stereocenters. The van der Waals surface area contributed by atoms with Gasteiger partial charge in [0.1, 0.15) is 6.04 Å². The van der Waals surface area contributed by atoms with E-state index in [1.165, 1.54) is 7.11 Å². The van der Waals surface area contributed by atoms with E-state index in [0.29, 0.717) is 13.0 Å². The van der Waals surface area contributed by atoms with Gasteiger partial charge in [0, 0.05) is 13.0 Å². The fourth-order valence-corrected chi connectivity index (χ4v) is 2.27. The molecule has 21 heavy (non-hydrogen) atoms. The van der Waals surface area contributed by atoms with Gasteiger partial charge in [0.05, 0.1) is 13.7 Å². The third kappa shape index (κ3) is 4.47. The van der Waals surface area contributed by atoms with Crippen LogP contribution in [0.3, 0.4) is 0 Å². The summed E-state index contributed by atoms with van der Waals surface area (Å²) < 4.78 is 9.33. The number of rotatable bonds is 7. The quantitative estimate of drug-likeness (QED) is 0.212. The van der Waals surface area contributed by atoms with E-state index in [9.17, 15) is 14.4 Å². The van der Waals surface area contributed by atoms with Crippen molar-refractivity contribution in [2.45, 2.75) is 32.2 Å². The first-order chi connectivity index (χ1) is 10.0. The third-order valence-corrected chi connectivity index (χ3v) is 3.30. The molecule has 0 aromatic carbocycles. The Bertz CT molecular complexity index is 470. The molecule has 1 atom stereocenters. The number of carbonyl (C=O) groups is 3. The lowest BCUT2D eigenvalue weighted by Crippen LogP contribution is -2.39. The molecule has 1 saturated heterocycles. The van der Waals surface area contributed by atoms with Crippen LogP contribution in [0.25, 0.3) is 5.53 Å². The first-order valence-electron chi connectivity index (χ1n) is 6.79. The standard InChI is InChI=1S/C13H19N3O5/c1-3-21-13(19)11(15-14)10(17)6-8-16-7-4-5-9(16)12(18)20-2/h9H,3-8H2,1-2H3/t9-/m0/s1. The molecule has 8 heteroatoms. The van der Waals surface area contributed by atoms with Crippen LogP contribution >= 0.6 is 0 Å². The number of ether oxygens (including phenoxy) is 2. The van der Waals surface area contributed by atoms with Crippen molar-refractivity contribution in [3.8, 4) is 0 Å². The van der Waals surface area contributed by atoms with E-state index in [0.717, 1.165) is 6.42 Å². The summed E-state index contributed by atoms with van der Waals surface area (Å²) in [7, 11) is 1.32. The van der Waals surface area contributed by atoms with E-state index in [1.807, 2.05) is 4.90 Å². The second-order valence-corrected chi connectivity index (χ2v) is 4.56. The predicted octanol–water partition coefficient (Wildman–Crippen LogP) is -0.183. The van der Waals surface area contributed by atoms with Gasteiger partial charge in [-0.15, -0.1) is 0 Å². The number of Topliss-reactive ketones (excluding diaryl/α,β-unsaturated/α-hetero) is 1. The van der Waals surface area contributed by atoms with Gasteiger partial charge in [-0.1, -0.05) is 0 Å². The SMILES string of the molecule is CCOC(=O)C(=[N+]=[N-])C(=O)CCN1CCC[C@H]1C(=O)OC. The number of hydrogen-bond acceptors (Lipinski definition) is 6. The van der Waals surface area contributed by atoms with Crippen molar-refractivity contribution in [2.75, 3.05) is 26.8 Å². The molecule has 116 valence electrons. The average molecular weight is 297 g/mol. The molecular formula is C13H19N3O5. The van der Waals surface area contributed by atoms with Crippen LogP contribution in [0.2, 0.25) is 0 Å². The molecule has 0 aromatic rings. The van der Waals surface area contributed by atoms with E-state index < -0.39 is 17.5 Å². The molecule has 1 fully saturated rings. The van der Waals surface area contributed by atoms with Crippen LogP contribution in [0.1, 0.15) is 26.2 Å². The molecule has 0 bridgehead atoms. The summed E-state index contributed by atoms with van der Waals surface area (Å²) in [5, 5.41) is 0. The fraction of sp³-hybridized carbons (Fsp3) is 0.692. The minimum absolute atomic E-state index is 0.0360. The van der Waals surface area contributed by atoms with Gasteiger partial charge in [-0.25, -0.2) is 4.79 Å². The van der Waals surface area contributed by atoms with Crippen LogP contribution in [0.4, 0.5) is 0 Å². The maximum Gasteiger partial charge on any atom is 0.441 e. The molecule has 1 rings (SSSR count). The molecule has 8 nitrogen and oxygen atoms in total. The molecular weight excluding hydrogens is 278 g/mol. The number of nitrogens with zero attached hydrogens (tertiary/aromatic N) is 3. The molecule has 0 N–H and O–H groups in total. The van der Waals surface area contributed by atoms with E-state index in [1.54, 1.807) is 6.92 Å². The first kappa shape index (κ1) is 17.0. The molecule has 0 saturated carbocycles. The van der Waals surface area contributed by atoms with Crippen LogP contribution in [-0.4, -0.2) is 66.0 Å². The van der Waals surface area contributed by atoms with Crippen molar-refractivity contribution in [2.24, 2.45) is 0 Å². The summed E-state index contributed by atoms with van der Waals surface area (Å²) >= 11 is 0. The molecule has 0 aromatic heterocycles. The molecule has 0 radical (unpaired) electrons. The highest BCUT2D eigenvalue weighted by Gasteiger charge is 2.34. The number of methoxy groups -OCH3 is 1. The summed E-state index contributed by atoms with van der Waals surface area (Å²) in [6.45, 7) is 2.64. The Balaban J connectivity index is 2.57.